The highest BCUT2D eigenvalue weighted by atomic mass is 32.2. The maximum Gasteiger partial charge on any atom is 0.148 e. The van der Waals surface area contributed by atoms with E-state index in [0.717, 1.165) is 6.42 Å². The molecule has 0 saturated carbocycles. The van der Waals surface area contributed by atoms with Crippen LogP contribution < -0.4 is 5.32 Å². The average molecular weight is 269 g/mol. The van der Waals surface area contributed by atoms with Gasteiger partial charge in [0.25, 0.3) is 0 Å². The molecule has 0 amide bonds. The van der Waals surface area contributed by atoms with Crippen molar-refractivity contribution in [3.8, 4) is 0 Å². The molecule has 0 spiro atoms. The number of rotatable bonds is 6. The van der Waals surface area contributed by atoms with E-state index in [2.05, 4.69) is 43.4 Å². The van der Waals surface area contributed by atoms with Crippen molar-refractivity contribution in [2.24, 2.45) is 0 Å². The molecule has 0 radical (unpaired) electrons. The largest absolute Gasteiger partial charge is 0.307 e. The molecule has 2 atom stereocenters. The zero-order chi connectivity index (χ0) is 13.8. The number of benzene rings is 1. The SMILES string of the molecule is CCc1ccc(C(C)NC(C)CS(C)(=O)=O)cc1. The Balaban J connectivity index is 2.61. The molecule has 0 aliphatic heterocycles. The van der Waals surface area contributed by atoms with Crippen LogP contribution in [0.2, 0.25) is 0 Å². The third-order valence-electron chi connectivity index (χ3n) is 2.98. The number of aryl methyl sites for hydroxylation is 1. The fourth-order valence-corrected chi connectivity index (χ4v) is 3.07. The van der Waals surface area contributed by atoms with Crippen molar-refractivity contribution < 1.29 is 8.42 Å². The van der Waals surface area contributed by atoms with Crippen LogP contribution in [0, 0.1) is 0 Å². The molecule has 3 nitrogen and oxygen atoms in total. The summed E-state index contributed by atoms with van der Waals surface area (Å²) < 4.78 is 22.4. The molecular weight excluding hydrogens is 246 g/mol. The molecule has 1 aromatic rings. The van der Waals surface area contributed by atoms with Crippen LogP contribution in [0.25, 0.3) is 0 Å². The normalized spacial score (nSPS) is 15.3. The third kappa shape index (κ3) is 5.19. The van der Waals surface area contributed by atoms with Gasteiger partial charge in [0.1, 0.15) is 9.84 Å². The van der Waals surface area contributed by atoms with Crippen LogP contribution in [-0.2, 0) is 16.3 Å². The number of hydrogen-bond acceptors (Lipinski definition) is 3. The quantitative estimate of drug-likeness (QED) is 0.862. The van der Waals surface area contributed by atoms with Crippen LogP contribution in [0.1, 0.15) is 37.9 Å². The van der Waals surface area contributed by atoms with Gasteiger partial charge < -0.3 is 5.32 Å². The number of nitrogens with one attached hydrogen (secondary N) is 1. The van der Waals surface area contributed by atoms with Gasteiger partial charge in [-0.05, 0) is 31.4 Å². The van der Waals surface area contributed by atoms with Crippen LogP contribution in [0.15, 0.2) is 24.3 Å². The highest BCUT2D eigenvalue weighted by molar-refractivity contribution is 7.90. The van der Waals surface area contributed by atoms with Crippen molar-refractivity contribution in [1.82, 2.24) is 5.32 Å². The highest BCUT2D eigenvalue weighted by Gasteiger charge is 2.13. The topological polar surface area (TPSA) is 46.2 Å². The van der Waals surface area contributed by atoms with E-state index in [9.17, 15) is 8.42 Å². The summed E-state index contributed by atoms with van der Waals surface area (Å²) in [7, 11) is -2.92. The van der Waals surface area contributed by atoms with Crippen LogP contribution in [-0.4, -0.2) is 26.5 Å². The molecule has 0 heterocycles. The Kier molecular flexibility index (Phi) is 5.35. The van der Waals surface area contributed by atoms with Crippen molar-refractivity contribution in [1.29, 1.82) is 0 Å². The van der Waals surface area contributed by atoms with Gasteiger partial charge in [-0.15, -0.1) is 0 Å². The van der Waals surface area contributed by atoms with Crippen molar-refractivity contribution in [3.05, 3.63) is 35.4 Å². The first kappa shape index (κ1) is 15.2. The average Bonchev–Trinajstić information content (AvgIpc) is 2.26. The first-order valence-corrected chi connectivity index (χ1v) is 8.40. The smallest absolute Gasteiger partial charge is 0.148 e. The van der Waals surface area contributed by atoms with E-state index in [4.69, 9.17) is 0 Å². The summed E-state index contributed by atoms with van der Waals surface area (Å²) in [5.41, 5.74) is 2.50. The molecule has 102 valence electrons. The van der Waals surface area contributed by atoms with Gasteiger partial charge in [-0.3, -0.25) is 0 Å². The number of sulfone groups is 1. The summed E-state index contributed by atoms with van der Waals surface area (Å²) in [6, 6.07) is 8.56. The summed E-state index contributed by atoms with van der Waals surface area (Å²) in [4.78, 5) is 0. The van der Waals surface area contributed by atoms with Crippen molar-refractivity contribution in [3.63, 3.8) is 0 Å². The summed E-state index contributed by atoms with van der Waals surface area (Å²) in [6.07, 6.45) is 2.30. The van der Waals surface area contributed by atoms with Gasteiger partial charge in [-0.2, -0.15) is 0 Å². The summed E-state index contributed by atoms with van der Waals surface area (Å²) >= 11 is 0. The second-order valence-electron chi connectivity index (χ2n) is 4.98. The fraction of sp³-hybridized carbons (Fsp3) is 0.571. The molecule has 1 aromatic carbocycles. The molecule has 1 rings (SSSR count). The molecule has 0 aromatic heterocycles. The molecule has 4 heteroatoms. The van der Waals surface area contributed by atoms with Gasteiger partial charge in [0.15, 0.2) is 0 Å². The highest BCUT2D eigenvalue weighted by Crippen LogP contribution is 2.14. The molecule has 0 aliphatic rings. The van der Waals surface area contributed by atoms with Crippen LogP contribution in [0.3, 0.4) is 0 Å². The van der Waals surface area contributed by atoms with E-state index < -0.39 is 9.84 Å². The molecular formula is C14H23NO2S. The molecule has 2 unspecified atom stereocenters. The second kappa shape index (κ2) is 6.34. The van der Waals surface area contributed by atoms with E-state index in [-0.39, 0.29) is 17.8 Å². The lowest BCUT2D eigenvalue weighted by Gasteiger charge is -2.20. The predicted molar refractivity (Wildman–Crippen MR) is 76.5 cm³/mol. The van der Waals surface area contributed by atoms with E-state index in [0.29, 0.717) is 0 Å². The van der Waals surface area contributed by atoms with Gasteiger partial charge in [-0.1, -0.05) is 31.2 Å². The Labute approximate surface area is 111 Å². The van der Waals surface area contributed by atoms with Gasteiger partial charge in [0.2, 0.25) is 0 Å². The molecule has 0 saturated heterocycles. The first-order chi connectivity index (χ1) is 8.31. The van der Waals surface area contributed by atoms with Crippen molar-refractivity contribution >= 4 is 9.84 Å². The van der Waals surface area contributed by atoms with Crippen molar-refractivity contribution in [2.45, 2.75) is 39.3 Å². The fourth-order valence-electron chi connectivity index (χ4n) is 2.07. The van der Waals surface area contributed by atoms with Gasteiger partial charge >= 0.3 is 0 Å². The van der Waals surface area contributed by atoms with E-state index in [1.807, 2.05) is 6.92 Å². The van der Waals surface area contributed by atoms with Gasteiger partial charge in [0.05, 0.1) is 5.75 Å². The Hall–Kier alpha value is -0.870. The van der Waals surface area contributed by atoms with Crippen molar-refractivity contribution in [2.75, 3.05) is 12.0 Å². The second-order valence-corrected chi connectivity index (χ2v) is 7.16. The lowest BCUT2D eigenvalue weighted by atomic mass is 10.0. The molecule has 0 fully saturated rings. The molecule has 18 heavy (non-hydrogen) atoms. The minimum absolute atomic E-state index is 0.0409. The minimum Gasteiger partial charge on any atom is -0.307 e. The Morgan fingerprint density at radius 3 is 2.17 bits per heavy atom. The van der Waals surface area contributed by atoms with Crippen LogP contribution in [0.4, 0.5) is 0 Å². The summed E-state index contributed by atoms with van der Waals surface area (Å²) in [6.45, 7) is 6.09. The lowest BCUT2D eigenvalue weighted by molar-refractivity contribution is 0.500. The lowest BCUT2D eigenvalue weighted by Crippen LogP contribution is -2.34. The van der Waals surface area contributed by atoms with Gasteiger partial charge in [-0.25, -0.2) is 8.42 Å². The maximum absolute atomic E-state index is 11.2. The van der Waals surface area contributed by atoms with Crippen LogP contribution >= 0.6 is 0 Å². The first-order valence-electron chi connectivity index (χ1n) is 6.34. The van der Waals surface area contributed by atoms with E-state index >= 15 is 0 Å². The van der Waals surface area contributed by atoms with Gasteiger partial charge in [0, 0.05) is 18.3 Å². The third-order valence-corrected chi connectivity index (χ3v) is 4.08. The Morgan fingerprint density at radius 1 is 1.17 bits per heavy atom. The minimum atomic E-state index is -2.92. The van der Waals surface area contributed by atoms with Crippen LogP contribution in [0.5, 0.6) is 0 Å². The predicted octanol–water partition coefficient (Wildman–Crippen LogP) is 2.33. The molecule has 0 bridgehead atoms. The Bertz CT molecular complexity index is 465. The standard InChI is InChI=1S/C14H23NO2S/c1-5-13-6-8-14(9-7-13)12(3)15-11(2)10-18(4,16)17/h6-9,11-12,15H,5,10H2,1-4H3. The molecule has 0 aliphatic carbocycles. The summed E-state index contributed by atoms with van der Waals surface area (Å²) in [5.74, 6) is 0.171. The molecule has 1 N–H and O–H groups in total. The zero-order valence-electron chi connectivity index (χ0n) is 11.6. The van der Waals surface area contributed by atoms with E-state index in [1.165, 1.54) is 17.4 Å². The monoisotopic (exact) mass is 269 g/mol. The Morgan fingerprint density at radius 2 is 1.72 bits per heavy atom. The maximum atomic E-state index is 11.2. The van der Waals surface area contributed by atoms with E-state index in [1.54, 1.807) is 0 Å². The summed E-state index contributed by atoms with van der Waals surface area (Å²) in [5, 5.41) is 3.31. The number of hydrogen-bond donors (Lipinski definition) is 1. The zero-order valence-corrected chi connectivity index (χ0v) is 12.4.